The van der Waals surface area contributed by atoms with Crippen molar-refractivity contribution in [2.24, 2.45) is 0 Å². The number of Topliss-reactive ketones (excluding diaryl/α,β-unsaturated/α-hetero) is 1. The average Bonchev–Trinajstić information content (AvgIpc) is 3.26. The van der Waals surface area contributed by atoms with E-state index >= 15 is 0 Å². The number of anilines is 1. The number of nitro groups is 1. The smallest absolute Gasteiger partial charge is 0.297 e. The van der Waals surface area contributed by atoms with Crippen LogP contribution in [0.2, 0.25) is 0 Å². The van der Waals surface area contributed by atoms with E-state index in [0.29, 0.717) is 47.8 Å². The summed E-state index contributed by atoms with van der Waals surface area (Å²) < 4.78 is 16.0. The first-order valence-corrected chi connectivity index (χ1v) is 10.3. The molecular weight excluding hydrogens is 416 g/mol. The van der Waals surface area contributed by atoms with Gasteiger partial charge in [-0.15, -0.1) is 0 Å². The van der Waals surface area contributed by atoms with Crippen LogP contribution in [-0.2, 0) is 9.59 Å². The number of hydrogen-bond donors (Lipinski definition) is 0. The molecule has 1 unspecified atom stereocenters. The van der Waals surface area contributed by atoms with Crippen molar-refractivity contribution < 1.29 is 28.7 Å². The highest BCUT2D eigenvalue weighted by Crippen LogP contribution is 2.47. The SMILES string of the molecule is COc1ccc(N2C(=O)CC(c3ccc4c(c3)OCO4)C3=C2CCCC3=O)c([N+](=O)[O-])c1. The molecule has 9 nitrogen and oxygen atoms in total. The standard InChI is InChI=1S/C23H20N2O7/c1-30-14-6-7-16(18(10-14)25(28)29)24-17-3-2-4-19(26)23(17)15(11-22(24)27)13-5-8-20-21(9-13)32-12-31-20/h5-10,15H,2-4,11-12H2,1H3. The van der Waals surface area contributed by atoms with Crippen molar-refractivity contribution in [3.8, 4) is 17.2 Å². The zero-order chi connectivity index (χ0) is 22.4. The van der Waals surface area contributed by atoms with E-state index in [1.165, 1.54) is 24.1 Å². The summed E-state index contributed by atoms with van der Waals surface area (Å²) in [6, 6.07) is 9.78. The van der Waals surface area contributed by atoms with Gasteiger partial charge in [0.2, 0.25) is 12.7 Å². The maximum Gasteiger partial charge on any atom is 0.297 e. The van der Waals surface area contributed by atoms with Gasteiger partial charge in [-0.1, -0.05) is 6.07 Å². The van der Waals surface area contributed by atoms with Crippen LogP contribution in [0.4, 0.5) is 11.4 Å². The zero-order valence-electron chi connectivity index (χ0n) is 17.3. The fraction of sp³-hybridized carbons (Fsp3) is 0.304. The number of benzene rings is 2. The first-order valence-electron chi connectivity index (χ1n) is 10.3. The van der Waals surface area contributed by atoms with Gasteiger partial charge < -0.3 is 14.2 Å². The normalized spacial score (nSPS) is 19.8. The van der Waals surface area contributed by atoms with E-state index in [9.17, 15) is 19.7 Å². The number of carbonyl (C=O) groups excluding carboxylic acids is 2. The molecule has 2 heterocycles. The van der Waals surface area contributed by atoms with E-state index in [1.54, 1.807) is 18.2 Å². The van der Waals surface area contributed by atoms with Crippen molar-refractivity contribution in [1.29, 1.82) is 0 Å². The number of carbonyl (C=O) groups is 2. The lowest BCUT2D eigenvalue weighted by atomic mass is 9.77. The molecule has 2 aliphatic heterocycles. The Morgan fingerprint density at radius 3 is 2.69 bits per heavy atom. The van der Waals surface area contributed by atoms with Gasteiger partial charge in [0.05, 0.1) is 18.1 Å². The van der Waals surface area contributed by atoms with E-state index < -0.39 is 10.8 Å². The molecule has 0 radical (unpaired) electrons. The summed E-state index contributed by atoms with van der Waals surface area (Å²) in [7, 11) is 1.42. The Hall–Kier alpha value is -3.88. The molecule has 1 aliphatic carbocycles. The lowest BCUT2D eigenvalue weighted by Crippen LogP contribution is -2.40. The third-order valence-electron chi connectivity index (χ3n) is 6.09. The van der Waals surface area contributed by atoms with Crippen LogP contribution in [0.1, 0.15) is 37.2 Å². The molecule has 2 aromatic carbocycles. The van der Waals surface area contributed by atoms with Gasteiger partial charge in [0.15, 0.2) is 17.3 Å². The Bertz CT molecular complexity index is 1190. The number of hydrogen-bond acceptors (Lipinski definition) is 7. The minimum Gasteiger partial charge on any atom is -0.496 e. The molecule has 0 N–H and O–H groups in total. The molecule has 2 aromatic rings. The second kappa shape index (κ2) is 7.67. The second-order valence-corrected chi connectivity index (χ2v) is 7.85. The van der Waals surface area contributed by atoms with E-state index in [-0.39, 0.29) is 36.3 Å². The van der Waals surface area contributed by atoms with Crippen molar-refractivity contribution in [3.63, 3.8) is 0 Å². The molecule has 0 bridgehead atoms. The van der Waals surface area contributed by atoms with Gasteiger partial charge in [-0.05, 0) is 42.7 Å². The molecule has 0 aromatic heterocycles. The fourth-order valence-electron chi connectivity index (χ4n) is 4.65. The molecule has 1 amide bonds. The van der Waals surface area contributed by atoms with E-state index in [1.807, 2.05) is 6.07 Å². The van der Waals surface area contributed by atoms with Gasteiger partial charge in [-0.2, -0.15) is 0 Å². The van der Waals surface area contributed by atoms with Crippen LogP contribution >= 0.6 is 0 Å². The molecule has 5 rings (SSSR count). The number of methoxy groups -OCH3 is 1. The van der Waals surface area contributed by atoms with Crippen LogP contribution in [-0.4, -0.2) is 30.5 Å². The Labute approximate surface area is 183 Å². The average molecular weight is 436 g/mol. The predicted molar refractivity (Wildman–Crippen MR) is 113 cm³/mol. The Kier molecular flexibility index (Phi) is 4.80. The van der Waals surface area contributed by atoms with Crippen molar-refractivity contribution >= 4 is 23.1 Å². The summed E-state index contributed by atoms with van der Waals surface area (Å²) in [4.78, 5) is 39.0. The van der Waals surface area contributed by atoms with Gasteiger partial charge in [-0.25, -0.2) is 0 Å². The quantitative estimate of drug-likeness (QED) is 0.529. The lowest BCUT2D eigenvalue weighted by Gasteiger charge is -2.38. The van der Waals surface area contributed by atoms with E-state index in [0.717, 1.165) is 5.56 Å². The summed E-state index contributed by atoms with van der Waals surface area (Å²) in [6.45, 7) is 0.129. The van der Waals surface area contributed by atoms with Crippen molar-refractivity contribution in [2.45, 2.75) is 31.6 Å². The van der Waals surface area contributed by atoms with Gasteiger partial charge >= 0.3 is 0 Å². The minimum absolute atomic E-state index is 0.0212. The summed E-state index contributed by atoms with van der Waals surface area (Å²) in [6.07, 6.45) is 1.47. The molecule has 0 fully saturated rings. The number of rotatable bonds is 4. The largest absolute Gasteiger partial charge is 0.496 e. The first-order chi connectivity index (χ1) is 15.5. The number of allylic oxidation sites excluding steroid dienone is 2. The third-order valence-corrected chi connectivity index (χ3v) is 6.09. The topological polar surface area (TPSA) is 108 Å². The highest BCUT2D eigenvalue weighted by Gasteiger charge is 2.41. The summed E-state index contributed by atoms with van der Waals surface area (Å²) >= 11 is 0. The highest BCUT2D eigenvalue weighted by atomic mass is 16.7. The molecule has 164 valence electrons. The fourth-order valence-corrected chi connectivity index (χ4v) is 4.65. The van der Waals surface area contributed by atoms with Gasteiger partial charge in [0, 0.05) is 30.0 Å². The molecule has 0 saturated carbocycles. The number of nitro benzene ring substituents is 1. The predicted octanol–water partition coefficient (Wildman–Crippen LogP) is 3.86. The first kappa shape index (κ1) is 20.0. The summed E-state index contributed by atoms with van der Waals surface area (Å²) in [5.74, 6) is 0.742. The highest BCUT2D eigenvalue weighted by molar-refractivity contribution is 6.08. The number of ketones is 1. The Morgan fingerprint density at radius 1 is 1.09 bits per heavy atom. The van der Waals surface area contributed by atoms with Crippen molar-refractivity contribution in [2.75, 3.05) is 18.8 Å². The van der Waals surface area contributed by atoms with Crippen LogP contribution in [0, 0.1) is 10.1 Å². The molecule has 0 spiro atoms. The lowest BCUT2D eigenvalue weighted by molar-refractivity contribution is -0.384. The van der Waals surface area contributed by atoms with Crippen LogP contribution in [0.15, 0.2) is 47.7 Å². The van der Waals surface area contributed by atoms with E-state index in [2.05, 4.69) is 0 Å². The molecular formula is C23H20N2O7. The van der Waals surface area contributed by atoms with Crippen LogP contribution in [0.3, 0.4) is 0 Å². The minimum atomic E-state index is -0.542. The maximum atomic E-state index is 13.4. The van der Waals surface area contributed by atoms with E-state index in [4.69, 9.17) is 14.2 Å². The third kappa shape index (κ3) is 3.17. The van der Waals surface area contributed by atoms with Crippen molar-refractivity contribution in [1.82, 2.24) is 0 Å². The number of ether oxygens (including phenoxy) is 3. The zero-order valence-corrected chi connectivity index (χ0v) is 17.3. The van der Waals surface area contributed by atoms with Gasteiger partial charge in [0.1, 0.15) is 11.4 Å². The summed E-state index contributed by atoms with van der Waals surface area (Å²) in [5.41, 5.74) is 1.76. The maximum absolute atomic E-state index is 13.4. The van der Waals surface area contributed by atoms with Crippen LogP contribution in [0.5, 0.6) is 17.2 Å². The molecule has 1 atom stereocenters. The number of amides is 1. The Morgan fingerprint density at radius 2 is 1.91 bits per heavy atom. The monoisotopic (exact) mass is 436 g/mol. The molecule has 0 saturated heterocycles. The number of nitrogens with zero attached hydrogens (tertiary/aromatic N) is 2. The molecule has 32 heavy (non-hydrogen) atoms. The molecule has 9 heteroatoms. The van der Waals surface area contributed by atoms with Crippen LogP contribution < -0.4 is 19.1 Å². The Balaban J connectivity index is 1.65. The summed E-state index contributed by atoms with van der Waals surface area (Å²) in [5, 5.41) is 11.8. The van der Waals surface area contributed by atoms with Gasteiger partial charge in [0.25, 0.3) is 5.69 Å². The second-order valence-electron chi connectivity index (χ2n) is 7.85. The van der Waals surface area contributed by atoms with Crippen LogP contribution in [0.25, 0.3) is 0 Å². The van der Waals surface area contributed by atoms with Gasteiger partial charge in [-0.3, -0.25) is 24.6 Å². The van der Waals surface area contributed by atoms with Crippen molar-refractivity contribution in [3.05, 3.63) is 63.3 Å². The molecule has 3 aliphatic rings. The number of fused-ring (bicyclic) bond motifs is 1.